The maximum atomic E-state index is 9.13. The molecule has 0 saturated heterocycles. The number of anilines is 1. The molecule has 2 aromatic rings. The van der Waals surface area contributed by atoms with Gasteiger partial charge in [-0.25, -0.2) is 0 Å². The summed E-state index contributed by atoms with van der Waals surface area (Å²) in [7, 11) is 0. The summed E-state index contributed by atoms with van der Waals surface area (Å²) in [5, 5.41) is 20.3. The third kappa shape index (κ3) is 2.48. The van der Waals surface area contributed by atoms with Gasteiger partial charge in [0.2, 0.25) is 0 Å². The van der Waals surface area contributed by atoms with E-state index in [0.717, 1.165) is 23.4 Å². The molecule has 0 aromatic carbocycles. The molecule has 0 unspecified atom stereocenters. The lowest BCUT2D eigenvalue weighted by molar-refractivity contribution is 0.513. The summed E-state index contributed by atoms with van der Waals surface area (Å²) >= 11 is 0. The summed E-state index contributed by atoms with van der Waals surface area (Å²) < 4.78 is 5.23. The van der Waals surface area contributed by atoms with Crippen molar-refractivity contribution >= 4 is 5.82 Å². The van der Waals surface area contributed by atoms with Crippen molar-refractivity contribution in [3.8, 4) is 6.07 Å². The van der Waals surface area contributed by atoms with Gasteiger partial charge in [-0.05, 0) is 31.5 Å². The number of hydrogen-bond donors (Lipinski definition) is 1. The smallest absolute Gasteiger partial charge is 0.166 e. The second kappa shape index (κ2) is 5.32. The van der Waals surface area contributed by atoms with Gasteiger partial charge in [0.15, 0.2) is 5.82 Å². The van der Waals surface area contributed by atoms with E-state index in [0.29, 0.717) is 17.9 Å². The predicted octanol–water partition coefficient (Wildman–Crippen LogP) is 2.21. The summed E-state index contributed by atoms with van der Waals surface area (Å²) in [6, 6.07) is 5.93. The van der Waals surface area contributed by atoms with E-state index in [-0.39, 0.29) is 0 Å². The summed E-state index contributed by atoms with van der Waals surface area (Å²) in [5.74, 6) is 1.44. The highest BCUT2D eigenvalue weighted by Gasteiger charge is 2.10. The van der Waals surface area contributed by atoms with Crippen molar-refractivity contribution in [1.82, 2.24) is 10.2 Å². The van der Waals surface area contributed by atoms with Crippen molar-refractivity contribution < 1.29 is 4.42 Å². The van der Waals surface area contributed by atoms with Gasteiger partial charge in [0.1, 0.15) is 17.4 Å². The second-order valence-electron chi connectivity index (χ2n) is 4.00. The number of nitrogens with zero attached hydrogens (tertiary/aromatic N) is 3. The Bertz CT molecular complexity index is 569. The van der Waals surface area contributed by atoms with Crippen molar-refractivity contribution in [2.75, 3.05) is 11.9 Å². The number of aryl methyl sites for hydroxylation is 1. The minimum atomic E-state index is 0.534. The summed E-state index contributed by atoms with van der Waals surface area (Å²) in [6.45, 7) is 4.37. The molecule has 2 aromatic heterocycles. The minimum absolute atomic E-state index is 0.534. The number of hydrogen-bond acceptors (Lipinski definition) is 5. The first-order chi connectivity index (χ1) is 8.72. The van der Waals surface area contributed by atoms with Gasteiger partial charge >= 0.3 is 0 Å². The van der Waals surface area contributed by atoms with Crippen LogP contribution in [0.15, 0.2) is 22.8 Å². The van der Waals surface area contributed by atoms with Crippen molar-refractivity contribution in [3.05, 3.63) is 41.0 Å². The van der Waals surface area contributed by atoms with Crippen LogP contribution >= 0.6 is 0 Å². The average Bonchev–Trinajstić information content (AvgIpc) is 2.87. The first kappa shape index (κ1) is 12.1. The molecule has 2 rings (SSSR count). The van der Waals surface area contributed by atoms with Crippen LogP contribution in [0.25, 0.3) is 0 Å². The largest absolute Gasteiger partial charge is 0.469 e. The molecule has 0 radical (unpaired) electrons. The molecule has 0 fully saturated rings. The lowest BCUT2D eigenvalue weighted by Crippen LogP contribution is -2.10. The molecular formula is C13H14N4O. The van der Waals surface area contributed by atoms with Crippen molar-refractivity contribution in [2.24, 2.45) is 0 Å². The maximum absolute atomic E-state index is 9.13. The van der Waals surface area contributed by atoms with Gasteiger partial charge in [0.25, 0.3) is 0 Å². The zero-order chi connectivity index (χ0) is 13.0. The Hall–Kier alpha value is -2.35. The summed E-state index contributed by atoms with van der Waals surface area (Å²) in [5.41, 5.74) is 2.21. The molecule has 0 saturated carbocycles. The van der Waals surface area contributed by atoms with Crippen molar-refractivity contribution in [3.63, 3.8) is 0 Å². The molecule has 5 nitrogen and oxygen atoms in total. The highest BCUT2D eigenvalue weighted by molar-refractivity contribution is 5.55. The fraction of sp³-hybridized carbons (Fsp3) is 0.308. The van der Waals surface area contributed by atoms with Crippen LogP contribution in [0.5, 0.6) is 0 Å². The second-order valence-corrected chi connectivity index (χ2v) is 4.00. The molecular weight excluding hydrogens is 228 g/mol. The lowest BCUT2D eigenvalue weighted by atomic mass is 10.1. The van der Waals surface area contributed by atoms with Gasteiger partial charge in [-0.1, -0.05) is 0 Å². The van der Waals surface area contributed by atoms with E-state index in [4.69, 9.17) is 9.68 Å². The fourth-order valence-corrected chi connectivity index (χ4v) is 1.63. The maximum Gasteiger partial charge on any atom is 0.166 e. The van der Waals surface area contributed by atoms with Crippen LogP contribution in [0.1, 0.15) is 22.6 Å². The van der Waals surface area contributed by atoms with Crippen LogP contribution in [-0.4, -0.2) is 16.7 Å². The molecule has 0 aliphatic heterocycles. The van der Waals surface area contributed by atoms with Gasteiger partial charge in [0, 0.05) is 13.0 Å². The number of nitrogens with one attached hydrogen (secondary N) is 1. The van der Waals surface area contributed by atoms with Crippen molar-refractivity contribution in [1.29, 1.82) is 5.26 Å². The van der Waals surface area contributed by atoms with Crippen LogP contribution in [0.3, 0.4) is 0 Å². The standard InChI is InChI=1S/C13H14N4O/c1-9-10(2)16-17-13(12(9)8-14)15-6-5-11-4-3-7-18-11/h3-4,7H,5-6H2,1-2H3,(H,15,17). The number of rotatable bonds is 4. The Labute approximate surface area is 105 Å². The molecule has 18 heavy (non-hydrogen) atoms. The average molecular weight is 242 g/mol. The zero-order valence-corrected chi connectivity index (χ0v) is 10.4. The molecule has 5 heteroatoms. The normalized spacial score (nSPS) is 10.1. The van der Waals surface area contributed by atoms with E-state index in [9.17, 15) is 0 Å². The Morgan fingerprint density at radius 3 is 2.89 bits per heavy atom. The van der Waals surface area contributed by atoms with Crippen LogP contribution in [0.2, 0.25) is 0 Å². The summed E-state index contributed by atoms with van der Waals surface area (Å²) in [6.07, 6.45) is 2.39. The molecule has 92 valence electrons. The molecule has 0 spiro atoms. The van der Waals surface area contributed by atoms with E-state index in [1.165, 1.54) is 0 Å². The highest BCUT2D eigenvalue weighted by atomic mass is 16.3. The van der Waals surface area contributed by atoms with Crippen LogP contribution in [0.4, 0.5) is 5.82 Å². The van der Waals surface area contributed by atoms with E-state index < -0.39 is 0 Å². The van der Waals surface area contributed by atoms with E-state index in [1.54, 1.807) is 6.26 Å². The lowest BCUT2D eigenvalue weighted by Gasteiger charge is -2.08. The SMILES string of the molecule is Cc1nnc(NCCc2ccco2)c(C#N)c1C. The number of furan rings is 1. The third-order valence-corrected chi connectivity index (χ3v) is 2.81. The number of aromatic nitrogens is 2. The Kier molecular flexibility index (Phi) is 3.58. The molecule has 0 atom stereocenters. The third-order valence-electron chi connectivity index (χ3n) is 2.81. The molecule has 2 heterocycles. The van der Waals surface area contributed by atoms with E-state index in [2.05, 4.69) is 21.6 Å². The predicted molar refractivity (Wildman–Crippen MR) is 67.1 cm³/mol. The quantitative estimate of drug-likeness (QED) is 0.889. The summed E-state index contributed by atoms with van der Waals surface area (Å²) in [4.78, 5) is 0. The monoisotopic (exact) mass is 242 g/mol. The van der Waals surface area contributed by atoms with Gasteiger partial charge in [-0.15, -0.1) is 5.10 Å². The van der Waals surface area contributed by atoms with Crippen LogP contribution in [0, 0.1) is 25.2 Å². The van der Waals surface area contributed by atoms with Gasteiger partial charge < -0.3 is 9.73 Å². The Morgan fingerprint density at radius 1 is 1.39 bits per heavy atom. The molecule has 0 aliphatic rings. The minimum Gasteiger partial charge on any atom is -0.469 e. The first-order valence-corrected chi connectivity index (χ1v) is 5.72. The van der Waals surface area contributed by atoms with Crippen LogP contribution in [-0.2, 0) is 6.42 Å². The molecule has 0 bridgehead atoms. The number of nitriles is 1. The van der Waals surface area contributed by atoms with Crippen molar-refractivity contribution in [2.45, 2.75) is 20.3 Å². The van der Waals surface area contributed by atoms with Gasteiger partial charge in [0.05, 0.1) is 12.0 Å². The van der Waals surface area contributed by atoms with Gasteiger partial charge in [-0.3, -0.25) is 0 Å². The fourth-order valence-electron chi connectivity index (χ4n) is 1.63. The Morgan fingerprint density at radius 2 is 2.22 bits per heavy atom. The first-order valence-electron chi connectivity index (χ1n) is 5.72. The zero-order valence-electron chi connectivity index (χ0n) is 10.4. The molecule has 0 aliphatic carbocycles. The van der Waals surface area contributed by atoms with E-state index >= 15 is 0 Å². The van der Waals surface area contributed by atoms with E-state index in [1.807, 2.05) is 26.0 Å². The van der Waals surface area contributed by atoms with Crippen LogP contribution < -0.4 is 5.32 Å². The molecule has 0 amide bonds. The topological polar surface area (TPSA) is 74.7 Å². The van der Waals surface area contributed by atoms with Gasteiger partial charge in [-0.2, -0.15) is 10.4 Å². The highest BCUT2D eigenvalue weighted by Crippen LogP contribution is 2.16. The molecule has 1 N–H and O–H groups in total. The Balaban J connectivity index is 2.06.